The summed E-state index contributed by atoms with van der Waals surface area (Å²) in [5.41, 5.74) is 0. The minimum Gasteiger partial charge on any atom is -0.462 e. The standard InChI is InChI=1S/C50H94O15/c1-3-5-7-9-11-13-14-15-16-17-18-19-20-21-22-23-25-26-28-30-32-41(52)60-35-38(63-42(53)33-31-29-27-24-12-10-8-6-4-2)36-61-49-48(59)46(57)44(55)40(65-49)37-62-50-47(58)45(56)43(54)39(34-51)64-50/h38-40,43-51,54-59H,3-37H2,1-2H3/t38-,39+,40+,43-,44-,45?,46?,47?,48?,49+,50+/m0/s1. The Bertz CT molecular complexity index is 1150. The smallest absolute Gasteiger partial charge is 0.306 e. The maximum Gasteiger partial charge on any atom is 0.306 e. The van der Waals surface area contributed by atoms with Gasteiger partial charge in [-0.15, -0.1) is 0 Å². The first kappa shape index (κ1) is 59.6. The maximum atomic E-state index is 12.9. The quantitative estimate of drug-likeness (QED) is 0.0237. The van der Waals surface area contributed by atoms with E-state index >= 15 is 0 Å². The first-order chi connectivity index (χ1) is 31.5. The van der Waals surface area contributed by atoms with Crippen molar-refractivity contribution >= 4 is 11.9 Å². The lowest BCUT2D eigenvalue weighted by Gasteiger charge is -2.42. The fourth-order valence-corrected chi connectivity index (χ4v) is 8.51. The molecule has 0 saturated carbocycles. The zero-order valence-corrected chi connectivity index (χ0v) is 40.5. The Morgan fingerprint density at radius 1 is 0.431 bits per heavy atom. The molecular weight excluding hydrogens is 841 g/mol. The topological polar surface area (TPSA) is 231 Å². The molecule has 2 fully saturated rings. The number of aliphatic hydroxyl groups excluding tert-OH is 7. The van der Waals surface area contributed by atoms with Crippen LogP contribution in [-0.4, -0.2) is 142 Å². The van der Waals surface area contributed by atoms with E-state index in [1.54, 1.807) is 0 Å². The van der Waals surface area contributed by atoms with Crippen LogP contribution in [0.1, 0.15) is 213 Å². The molecule has 0 aromatic heterocycles. The van der Waals surface area contributed by atoms with Gasteiger partial charge in [-0.2, -0.15) is 0 Å². The maximum absolute atomic E-state index is 12.9. The Kier molecular flexibility index (Phi) is 35.2. The summed E-state index contributed by atoms with van der Waals surface area (Å²) in [5.74, 6) is -0.914. The van der Waals surface area contributed by atoms with Crippen molar-refractivity contribution in [2.75, 3.05) is 26.4 Å². The number of ether oxygens (including phenoxy) is 6. The molecule has 0 amide bonds. The summed E-state index contributed by atoms with van der Waals surface area (Å²) >= 11 is 0. The first-order valence-electron chi connectivity index (χ1n) is 26.1. The predicted molar refractivity (Wildman–Crippen MR) is 248 cm³/mol. The van der Waals surface area contributed by atoms with E-state index in [4.69, 9.17) is 28.4 Å². The fourth-order valence-electron chi connectivity index (χ4n) is 8.51. The summed E-state index contributed by atoms with van der Waals surface area (Å²) in [6, 6.07) is 0. The van der Waals surface area contributed by atoms with Crippen LogP contribution in [0.3, 0.4) is 0 Å². The Labute approximate surface area is 391 Å². The van der Waals surface area contributed by atoms with Crippen molar-refractivity contribution in [1.29, 1.82) is 0 Å². The molecule has 384 valence electrons. The summed E-state index contributed by atoms with van der Waals surface area (Å²) in [6.07, 6.45) is 18.7. The molecule has 2 rings (SSSR count). The molecule has 11 atom stereocenters. The van der Waals surface area contributed by atoms with Gasteiger partial charge in [0.25, 0.3) is 0 Å². The summed E-state index contributed by atoms with van der Waals surface area (Å²) in [6.45, 7) is 2.59. The van der Waals surface area contributed by atoms with Crippen molar-refractivity contribution in [1.82, 2.24) is 0 Å². The highest BCUT2D eigenvalue weighted by Gasteiger charge is 2.47. The second-order valence-corrected chi connectivity index (χ2v) is 18.7. The van der Waals surface area contributed by atoms with Crippen LogP contribution in [-0.2, 0) is 38.0 Å². The van der Waals surface area contributed by atoms with Crippen LogP contribution in [0.15, 0.2) is 0 Å². The van der Waals surface area contributed by atoms with Crippen LogP contribution in [0.2, 0.25) is 0 Å². The molecule has 0 aromatic carbocycles. The highest BCUT2D eigenvalue weighted by Crippen LogP contribution is 2.27. The van der Waals surface area contributed by atoms with Crippen LogP contribution in [0, 0.1) is 0 Å². The number of unbranched alkanes of at least 4 members (excludes halogenated alkanes) is 27. The van der Waals surface area contributed by atoms with Crippen LogP contribution in [0.5, 0.6) is 0 Å². The molecule has 0 aromatic rings. The third-order valence-corrected chi connectivity index (χ3v) is 12.8. The number of carbonyl (C=O) groups excluding carboxylic acids is 2. The third-order valence-electron chi connectivity index (χ3n) is 12.8. The molecule has 2 aliphatic heterocycles. The van der Waals surface area contributed by atoms with E-state index in [-0.39, 0.29) is 26.1 Å². The molecule has 0 spiro atoms. The number of hydrogen-bond donors (Lipinski definition) is 7. The monoisotopic (exact) mass is 935 g/mol. The van der Waals surface area contributed by atoms with E-state index in [1.165, 1.54) is 135 Å². The van der Waals surface area contributed by atoms with Gasteiger partial charge >= 0.3 is 11.9 Å². The van der Waals surface area contributed by atoms with Gasteiger partial charge < -0.3 is 64.2 Å². The van der Waals surface area contributed by atoms with Gasteiger partial charge in [0.1, 0.15) is 55.4 Å². The van der Waals surface area contributed by atoms with Crippen molar-refractivity contribution in [2.24, 2.45) is 0 Å². The Balaban J connectivity index is 1.74. The zero-order chi connectivity index (χ0) is 47.5. The van der Waals surface area contributed by atoms with Gasteiger partial charge in [0, 0.05) is 12.8 Å². The van der Waals surface area contributed by atoms with E-state index in [1.807, 2.05) is 0 Å². The molecule has 4 unspecified atom stereocenters. The normalized spacial score (nSPS) is 26.3. The summed E-state index contributed by atoms with van der Waals surface area (Å²) in [7, 11) is 0. The van der Waals surface area contributed by atoms with E-state index in [0.29, 0.717) is 12.8 Å². The van der Waals surface area contributed by atoms with E-state index in [9.17, 15) is 45.3 Å². The van der Waals surface area contributed by atoms with Crippen LogP contribution in [0.25, 0.3) is 0 Å². The highest BCUT2D eigenvalue weighted by molar-refractivity contribution is 5.70. The van der Waals surface area contributed by atoms with Crippen molar-refractivity contribution < 1.29 is 73.8 Å². The number of aliphatic hydroxyl groups is 7. The average Bonchev–Trinajstić information content (AvgIpc) is 3.30. The van der Waals surface area contributed by atoms with E-state index in [0.717, 1.165) is 38.5 Å². The lowest BCUT2D eigenvalue weighted by Crippen LogP contribution is -2.61. The molecule has 2 aliphatic rings. The van der Waals surface area contributed by atoms with Crippen LogP contribution in [0.4, 0.5) is 0 Å². The summed E-state index contributed by atoms with van der Waals surface area (Å²) < 4.78 is 33.5. The lowest BCUT2D eigenvalue weighted by molar-refractivity contribution is -0.332. The molecular formula is C50H94O15. The summed E-state index contributed by atoms with van der Waals surface area (Å²) in [4.78, 5) is 25.7. The van der Waals surface area contributed by atoms with Gasteiger partial charge in [-0.3, -0.25) is 9.59 Å². The molecule has 15 nitrogen and oxygen atoms in total. The van der Waals surface area contributed by atoms with Gasteiger partial charge in [-0.25, -0.2) is 0 Å². The predicted octanol–water partition coefficient (Wildman–Crippen LogP) is 7.22. The Morgan fingerprint density at radius 3 is 1.20 bits per heavy atom. The number of esters is 2. The number of hydrogen-bond acceptors (Lipinski definition) is 15. The second-order valence-electron chi connectivity index (χ2n) is 18.7. The lowest BCUT2D eigenvalue weighted by atomic mass is 9.98. The first-order valence-corrected chi connectivity index (χ1v) is 26.1. The molecule has 0 aliphatic carbocycles. The van der Waals surface area contributed by atoms with Crippen LogP contribution >= 0.6 is 0 Å². The zero-order valence-electron chi connectivity index (χ0n) is 40.5. The average molecular weight is 935 g/mol. The largest absolute Gasteiger partial charge is 0.462 e. The third kappa shape index (κ3) is 26.7. The summed E-state index contributed by atoms with van der Waals surface area (Å²) in [5, 5.41) is 71.9. The SMILES string of the molecule is CCCCCCCCCCCCCCCCCCCCCCC(=O)OC[C@@H](CO[C@@H]1O[C@H](CO[C@@H]2O[C@H](CO)[C@H](O)C(O)C2O)[C@H](O)C(O)C1O)OC(=O)CCCCCCCCCCC. The second kappa shape index (κ2) is 38.4. The molecule has 15 heteroatoms. The molecule has 0 radical (unpaired) electrons. The van der Waals surface area contributed by atoms with Crippen molar-refractivity contribution in [2.45, 2.75) is 280 Å². The Morgan fingerprint density at radius 2 is 0.785 bits per heavy atom. The van der Waals surface area contributed by atoms with Gasteiger partial charge in [0.2, 0.25) is 0 Å². The number of carbonyl (C=O) groups is 2. The van der Waals surface area contributed by atoms with Crippen molar-refractivity contribution in [3.05, 3.63) is 0 Å². The molecule has 2 heterocycles. The van der Waals surface area contributed by atoms with Gasteiger partial charge in [-0.1, -0.05) is 187 Å². The van der Waals surface area contributed by atoms with E-state index < -0.39 is 92.7 Å². The van der Waals surface area contributed by atoms with Gasteiger partial charge in [0.05, 0.1) is 19.8 Å². The van der Waals surface area contributed by atoms with E-state index in [2.05, 4.69) is 13.8 Å². The minimum atomic E-state index is -1.76. The van der Waals surface area contributed by atoms with Crippen molar-refractivity contribution in [3.8, 4) is 0 Å². The van der Waals surface area contributed by atoms with Gasteiger partial charge in [0.15, 0.2) is 18.7 Å². The molecule has 2 saturated heterocycles. The van der Waals surface area contributed by atoms with Crippen molar-refractivity contribution in [3.63, 3.8) is 0 Å². The fraction of sp³-hybridized carbons (Fsp3) is 0.960. The highest BCUT2D eigenvalue weighted by atomic mass is 16.7. The minimum absolute atomic E-state index is 0.171. The molecule has 65 heavy (non-hydrogen) atoms. The Hall–Kier alpha value is -1.50. The molecule has 0 bridgehead atoms. The van der Waals surface area contributed by atoms with Crippen LogP contribution < -0.4 is 0 Å². The number of rotatable bonds is 41. The van der Waals surface area contributed by atoms with Gasteiger partial charge in [-0.05, 0) is 12.8 Å². The molecule has 7 N–H and O–H groups in total.